The molecule has 1 amide bonds. The zero-order valence-electron chi connectivity index (χ0n) is 11.5. The Morgan fingerprint density at radius 2 is 2.05 bits per heavy atom. The van der Waals surface area contributed by atoms with Crippen molar-refractivity contribution in [2.24, 2.45) is 0 Å². The molecule has 1 aromatic rings. The molecule has 1 aromatic carbocycles. The fourth-order valence-electron chi connectivity index (χ4n) is 2.32. The largest absolute Gasteiger partial charge is 0.380 e. The summed E-state index contributed by atoms with van der Waals surface area (Å²) >= 11 is 1.79. The van der Waals surface area contributed by atoms with E-state index in [9.17, 15) is 9.90 Å². The summed E-state index contributed by atoms with van der Waals surface area (Å²) in [6.45, 7) is 4.58. The molecule has 1 saturated heterocycles. The van der Waals surface area contributed by atoms with Gasteiger partial charge >= 0.3 is 0 Å². The highest BCUT2D eigenvalue weighted by Gasteiger charge is 2.37. The minimum Gasteiger partial charge on any atom is -0.380 e. The zero-order chi connectivity index (χ0) is 13.9. The van der Waals surface area contributed by atoms with Crippen molar-refractivity contribution in [3.63, 3.8) is 0 Å². The second-order valence-corrected chi connectivity index (χ2v) is 6.48. The zero-order valence-corrected chi connectivity index (χ0v) is 12.3. The fourth-order valence-corrected chi connectivity index (χ4v) is 3.49. The lowest BCUT2D eigenvalue weighted by molar-refractivity contribution is -0.140. The van der Waals surface area contributed by atoms with Crippen LogP contribution in [0.5, 0.6) is 0 Å². The van der Waals surface area contributed by atoms with Crippen LogP contribution < -0.4 is 5.32 Å². The van der Waals surface area contributed by atoms with E-state index in [1.54, 1.807) is 11.8 Å². The normalized spacial score (nSPS) is 18.1. The number of hydrogen-bond donors (Lipinski definition) is 2. The summed E-state index contributed by atoms with van der Waals surface area (Å²) < 4.78 is 0. The van der Waals surface area contributed by atoms with Gasteiger partial charge in [-0.15, -0.1) is 0 Å². The fraction of sp³-hybridized carbons (Fsp3) is 0.533. The quantitative estimate of drug-likeness (QED) is 0.891. The summed E-state index contributed by atoms with van der Waals surface area (Å²) in [5.74, 6) is 1.48. The third-order valence-corrected chi connectivity index (χ3v) is 4.67. The summed E-state index contributed by atoms with van der Waals surface area (Å²) in [7, 11) is 0. The van der Waals surface area contributed by atoms with Crippen LogP contribution in [0.3, 0.4) is 0 Å². The maximum absolute atomic E-state index is 12.1. The van der Waals surface area contributed by atoms with E-state index in [1.165, 1.54) is 11.1 Å². The van der Waals surface area contributed by atoms with Crippen LogP contribution in [0.2, 0.25) is 0 Å². The third kappa shape index (κ3) is 3.51. The number of nitrogens with one attached hydrogen (secondary N) is 1. The van der Waals surface area contributed by atoms with Gasteiger partial charge in [0.2, 0.25) is 0 Å². The molecule has 0 aromatic heterocycles. The van der Waals surface area contributed by atoms with Gasteiger partial charge in [0.25, 0.3) is 5.91 Å². The van der Waals surface area contributed by atoms with Crippen molar-refractivity contribution in [2.75, 3.05) is 11.5 Å². The van der Waals surface area contributed by atoms with Gasteiger partial charge in [0.1, 0.15) is 5.60 Å². The third-order valence-electron chi connectivity index (χ3n) is 3.68. The topological polar surface area (TPSA) is 49.3 Å². The standard InChI is InChI=1S/C15H21NO2S/c1-11-3-4-13(12(2)9-11)10-16-14(17)15(18)5-7-19-8-6-15/h3-4,9,18H,5-8,10H2,1-2H3,(H,16,17). The molecule has 0 spiro atoms. The van der Waals surface area contributed by atoms with Gasteiger partial charge in [-0.1, -0.05) is 23.8 Å². The number of carbonyl (C=O) groups is 1. The Kier molecular flexibility index (Phi) is 4.53. The molecule has 0 radical (unpaired) electrons. The number of carbonyl (C=O) groups excluding carboxylic acids is 1. The van der Waals surface area contributed by atoms with Gasteiger partial charge in [-0.05, 0) is 49.3 Å². The number of aliphatic hydroxyl groups is 1. The van der Waals surface area contributed by atoms with E-state index in [-0.39, 0.29) is 5.91 Å². The summed E-state index contributed by atoms with van der Waals surface area (Å²) in [4.78, 5) is 12.1. The smallest absolute Gasteiger partial charge is 0.252 e. The second-order valence-electron chi connectivity index (χ2n) is 5.26. The van der Waals surface area contributed by atoms with Crippen molar-refractivity contribution in [1.82, 2.24) is 5.32 Å². The van der Waals surface area contributed by atoms with Gasteiger partial charge < -0.3 is 10.4 Å². The van der Waals surface area contributed by atoms with Crippen LogP contribution in [-0.2, 0) is 11.3 Å². The summed E-state index contributed by atoms with van der Waals surface area (Å²) in [6.07, 6.45) is 1.10. The molecule has 2 rings (SSSR count). The molecule has 19 heavy (non-hydrogen) atoms. The number of aryl methyl sites for hydroxylation is 2. The summed E-state index contributed by atoms with van der Waals surface area (Å²) in [5, 5.41) is 13.2. The highest BCUT2D eigenvalue weighted by molar-refractivity contribution is 7.99. The summed E-state index contributed by atoms with van der Waals surface area (Å²) in [6, 6.07) is 6.18. The van der Waals surface area contributed by atoms with Crippen LogP contribution in [0, 0.1) is 13.8 Å². The first-order valence-corrected chi connectivity index (χ1v) is 7.81. The number of thioether (sulfide) groups is 1. The average molecular weight is 279 g/mol. The molecule has 0 bridgehead atoms. The van der Waals surface area contributed by atoms with Crippen LogP contribution in [0.1, 0.15) is 29.5 Å². The van der Waals surface area contributed by atoms with E-state index in [0.717, 1.165) is 17.1 Å². The van der Waals surface area contributed by atoms with Gasteiger partial charge in [0.05, 0.1) is 0 Å². The molecular weight excluding hydrogens is 258 g/mol. The van der Waals surface area contributed by atoms with Gasteiger partial charge in [-0.2, -0.15) is 11.8 Å². The molecule has 1 aliphatic rings. The Morgan fingerprint density at radius 3 is 2.68 bits per heavy atom. The number of benzene rings is 1. The van der Waals surface area contributed by atoms with Crippen LogP contribution in [-0.4, -0.2) is 28.1 Å². The lowest BCUT2D eigenvalue weighted by Gasteiger charge is -2.30. The highest BCUT2D eigenvalue weighted by Crippen LogP contribution is 2.27. The van der Waals surface area contributed by atoms with E-state index in [1.807, 2.05) is 19.1 Å². The average Bonchev–Trinajstić information content (AvgIpc) is 2.38. The maximum Gasteiger partial charge on any atom is 0.252 e. The van der Waals surface area contributed by atoms with Crippen molar-refractivity contribution in [1.29, 1.82) is 0 Å². The SMILES string of the molecule is Cc1ccc(CNC(=O)C2(O)CCSCC2)c(C)c1. The number of amides is 1. The lowest BCUT2D eigenvalue weighted by atomic mass is 9.95. The van der Waals surface area contributed by atoms with Crippen molar-refractivity contribution >= 4 is 17.7 Å². The monoisotopic (exact) mass is 279 g/mol. The predicted octanol–water partition coefficient (Wildman–Crippen LogP) is 2.18. The first-order chi connectivity index (χ1) is 9.01. The Hall–Kier alpha value is -1.00. The Labute approximate surface area is 118 Å². The van der Waals surface area contributed by atoms with E-state index < -0.39 is 5.60 Å². The van der Waals surface area contributed by atoms with Crippen LogP contribution >= 0.6 is 11.8 Å². The number of rotatable bonds is 3. The molecule has 0 unspecified atom stereocenters. The van der Waals surface area contributed by atoms with E-state index >= 15 is 0 Å². The molecule has 3 nitrogen and oxygen atoms in total. The second kappa shape index (κ2) is 5.97. The van der Waals surface area contributed by atoms with Gasteiger partial charge in [-0.3, -0.25) is 4.79 Å². The Balaban J connectivity index is 1.96. The van der Waals surface area contributed by atoms with Gasteiger partial charge in [-0.25, -0.2) is 0 Å². The van der Waals surface area contributed by atoms with Gasteiger partial charge in [0, 0.05) is 6.54 Å². The number of hydrogen-bond acceptors (Lipinski definition) is 3. The maximum atomic E-state index is 12.1. The van der Waals surface area contributed by atoms with Crippen molar-refractivity contribution < 1.29 is 9.90 Å². The molecule has 0 saturated carbocycles. The molecule has 4 heteroatoms. The molecule has 0 aliphatic carbocycles. The lowest BCUT2D eigenvalue weighted by Crippen LogP contribution is -2.48. The first-order valence-electron chi connectivity index (χ1n) is 6.66. The Bertz CT molecular complexity index is 467. The van der Waals surface area contributed by atoms with Crippen molar-refractivity contribution in [3.8, 4) is 0 Å². The summed E-state index contributed by atoms with van der Waals surface area (Å²) in [5.41, 5.74) is 2.33. The van der Waals surface area contributed by atoms with E-state index in [2.05, 4.69) is 18.3 Å². The minimum absolute atomic E-state index is 0.229. The van der Waals surface area contributed by atoms with Crippen molar-refractivity contribution in [3.05, 3.63) is 34.9 Å². The minimum atomic E-state index is -1.16. The first kappa shape index (κ1) is 14.4. The van der Waals surface area contributed by atoms with Crippen LogP contribution in [0.25, 0.3) is 0 Å². The molecular formula is C15H21NO2S. The van der Waals surface area contributed by atoms with Crippen LogP contribution in [0.4, 0.5) is 0 Å². The molecule has 1 fully saturated rings. The Morgan fingerprint density at radius 1 is 1.37 bits per heavy atom. The van der Waals surface area contributed by atoms with Crippen LogP contribution in [0.15, 0.2) is 18.2 Å². The predicted molar refractivity (Wildman–Crippen MR) is 79.3 cm³/mol. The van der Waals surface area contributed by atoms with Gasteiger partial charge in [0.15, 0.2) is 0 Å². The van der Waals surface area contributed by atoms with E-state index in [4.69, 9.17) is 0 Å². The molecule has 2 N–H and O–H groups in total. The van der Waals surface area contributed by atoms with Crippen molar-refractivity contribution in [2.45, 2.75) is 38.8 Å². The molecule has 1 aliphatic heterocycles. The van der Waals surface area contributed by atoms with E-state index in [0.29, 0.717) is 19.4 Å². The molecule has 1 heterocycles. The molecule has 104 valence electrons. The molecule has 0 atom stereocenters. The highest BCUT2D eigenvalue weighted by atomic mass is 32.2.